The number of anilines is 1. The average Bonchev–Trinajstić information content (AvgIpc) is 3.07. The molecule has 1 aromatic heterocycles. The first-order chi connectivity index (χ1) is 19.4. The second-order valence-electron chi connectivity index (χ2n) is 10.4. The molecule has 1 unspecified atom stereocenters. The van der Waals surface area contributed by atoms with Crippen LogP contribution in [-0.4, -0.2) is 52.2 Å². The lowest BCUT2D eigenvalue weighted by Gasteiger charge is -2.32. The molecule has 2 N–H and O–H groups in total. The lowest BCUT2D eigenvalue weighted by atomic mass is 9.89. The molecule has 2 aromatic carbocycles. The predicted octanol–water partition coefficient (Wildman–Crippen LogP) is 5.76. The van der Waals surface area contributed by atoms with Crippen LogP contribution in [0.25, 0.3) is 0 Å². The molecule has 2 aliphatic heterocycles. The normalized spacial score (nSPS) is 18.5. The van der Waals surface area contributed by atoms with E-state index in [9.17, 15) is 18.4 Å². The number of hydrogen-bond donors (Lipinski definition) is 2. The van der Waals surface area contributed by atoms with E-state index in [0.29, 0.717) is 25.2 Å². The maximum atomic E-state index is 14.7. The van der Waals surface area contributed by atoms with Gasteiger partial charge in [0.05, 0.1) is 28.4 Å². The van der Waals surface area contributed by atoms with Crippen molar-refractivity contribution in [3.63, 3.8) is 0 Å². The van der Waals surface area contributed by atoms with Crippen molar-refractivity contribution < 1.29 is 18.4 Å². The van der Waals surface area contributed by atoms with E-state index < -0.39 is 33.9 Å². The molecule has 40 heavy (non-hydrogen) atoms. The topological polar surface area (TPSA) is 87.2 Å². The molecule has 0 aliphatic carbocycles. The van der Waals surface area contributed by atoms with Crippen molar-refractivity contribution in [2.24, 2.45) is 0 Å². The summed E-state index contributed by atoms with van der Waals surface area (Å²) in [5, 5.41) is 5.70. The molecule has 0 radical (unpaired) electrons. The van der Waals surface area contributed by atoms with Crippen molar-refractivity contribution in [2.45, 2.75) is 57.0 Å². The number of ketones is 1. The van der Waals surface area contributed by atoms with Gasteiger partial charge in [0.15, 0.2) is 5.78 Å². The summed E-state index contributed by atoms with van der Waals surface area (Å²) in [7, 11) is 0. The van der Waals surface area contributed by atoms with Crippen LogP contribution in [0.1, 0.15) is 76.5 Å². The number of benzene rings is 2. The molecule has 5 rings (SSSR count). The van der Waals surface area contributed by atoms with Crippen LogP contribution in [0, 0.1) is 11.6 Å². The molecule has 1 fully saturated rings. The Bertz CT molecular complexity index is 1370. The third-order valence-electron chi connectivity index (χ3n) is 7.60. The lowest BCUT2D eigenvalue weighted by Crippen LogP contribution is -2.44. The SMILES string of the molecule is O=C(NC1CCN(Cc2ccccc2)CC1)c1cnc2c(n1)C(C(=O)c1c(F)ccc(F)c1Cl)CCCCCN2. The van der Waals surface area contributed by atoms with Gasteiger partial charge >= 0.3 is 0 Å². The zero-order chi connectivity index (χ0) is 28.1. The van der Waals surface area contributed by atoms with E-state index in [-0.39, 0.29) is 23.3 Å². The Kier molecular flexibility index (Phi) is 9.01. The van der Waals surface area contributed by atoms with Gasteiger partial charge in [-0.1, -0.05) is 54.8 Å². The average molecular weight is 568 g/mol. The number of fused-ring (bicyclic) bond motifs is 1. The Morgan fingerprint density at radius 1 is 1.00 bits per heavy atom. The summed E-state index contributed by atoms with van der Waals surface area (Å²) in [4.78, 5) is 38.2. The number of nitrogens with one attached hydrogen (secondary N) is 2. The minimum atomic E-state index is -0.934. The Morgan fingerprint density at radius 3 is 2.52 bits per heavy atom. The van der Waals surface area contributed by atoms with Crippen LogP contribution >= 0.6 is 11.6 Å². The summed E-state index contributed by atoms with van der Waals surface area (Å²) in [6, 6.07) is 12.1. The number of aromatic nitrogens is 2. The van der Waals surface area contributed by atoms with Crippen molar-refractivity contribution >= 4 is 29.1 Å². The van der Waals surface area contributed by atoms with Gasteiger partial charge in [-0.3, -0.25) is 14.5 Å². The second-order valence-corrected chi connectivity index (χ2v) is 10.8. The van der Waals surface area contributed by atoms with Crippen LogP contribution in [0.5, 0.6) is 0 Å². The maximum Gasteiger partial charge on any atom is 0.271 e. The summed E-state index contributed by atoms with van der Waals surface area (Å²) >= 11 is 6.04. The number of hydrogen-bond acceptors (Lipinski definition) is 6. The predicted molar refractivity (Wildman–Crippen MR) is 150 cm³/mol. The van der Waals surface area contributed by atoms with Gasteiger partial charge in [0, 0.05) is 32.2 Å². The number of carbonyl (C=O) groups is 2. The molecule has 2 aliphatic rings. The number of amides is 1. The Balaban J connectivity index is 1.33. The Morgan fingerprint density at radius 2 is 1.75 bits per heavy atom. The van der Waals surface area contributed by atoms with Crippen LogP contribution in [0.15, 0.2) is 48.7 Å². The first kappa shape index (κ1) is 28.1. The highest BCUT2D eigenvalue weighted by molar-refractivity contribution is 6.34. The minimum Gasteiger partial charge on any atom is -0.369 e. The van der Waals surface area contributed by atoms with E-state index in [2.05, 4.69) is 37.6 Å². The zero-order valence-electron chi connectivity index (χ0n) is 22.1. The fourth-order valence-corrected chi connectivity index (χ4v) is 5.65. The second kappa shape index (κ2) is 12.8. The molecular weight excluding hydrogens is 536 g/mol. The van der Waals surface area contributed by atoms with E-state index in [4.69, 9.17) is 11.6 Å². The van der Waals surface area contributed by atoms with Gasteiger partial charge < -0.3 is 10.6 Å². The monoisotopic (exact) mass is 567 g/mol. The van der Waals surface area contributed by atoms with Crippen LogP contribution in [-0.2, 0) is 6.54 Å². The van der Waals surface area contributed by atoms with E-state index in [0.717, 1.165) is 57.5 Å². The van der Waals surface area contributed by atoms with Gasteiger partial charge in [0.2, 0.25) is 0 Å². The van der Waals surface area contributed by atoms with Crippen LogP contribution in [0.4, 0.5) is 14.6 Å². The standard InChI is InChI=1S/C30H32ClF2N5O2/c31-26-23(33)11-10-22(32)25(26)28(39)21-9-5-2-6-14-34-29-27(21)37-24(17-35-29)30(40)36-20-12-15-38(16-13-20)18-19-7-3-1-4-8-19/h1,3-4,7-8,10-11,17,20-21H,2,5-6,9,12-16,18H2,(H,34,35)(H,36,40). The van der Waals surface area contributed by atoms with Crippen LogP contribution < -0.4 is 10.6 Å². The molecule has 0 bridgehead atoms. The van der Waals surface area contributed by atoms with Crippen molar-refractivity contribution in [1.29, 1.82) is 0 Å². The largest absolute Gasteiger partial charge is 0.369 e. The van der Waals surface area contributed by atoms with Gasteiger partial charge in [0.1, 0.15) is 23.1 Å². The fourth-order valence-electron chi connectivity index (χ4n) is 5.40. The van der Waals surface area contributed by atoms with Crippen molar-refractivity contribution in [2.75, 3.05) is 25.0 Å². The van der Waals surface area contributed by atoms with Gasteiger partial charge in [0.25, 0.3) is 5.91 Å². The number of Topliss-reactive ketones (excluding diaryl/α,β-unsaturated/α-hetero) is 1. The molecule has 7 nitrogen and oxygen atoms in total. The number of piperidine rings is 1. The summed E-state index contributed by atoms with van der Waals surface area (Å²) in [5.74, 6) is -3.40. The fraction of sp³-hybridized carbons (Fsp3) is 0.400. The summed E-state index contributed by atoms with van der Waals surface area (Å²) in [5.41, 5.74) is 1.08. The molecule has 3 aromatic rings. The zero-order valence-corrected chi connectivity index (χ0v) is 22.9. The smallest absolute Gasteiger partial charge is 0.271 e. The number of carbonyl (C=O) groups excluding carboxylic acids is 2. The van der Waals surface area contributed by atoms with E-state index in [1.165, 1.54) is 11.8 Å². The van der Waals surface area contributed by atoms with Gasteiger partial charge in [-0.25, -0.2) is 18.7 Å². The number of halogens is 3. The third-order valence-corrected chi connectivity index (χ3v) is 7.97. The lowest BCUT2D eigenvalue weighted by molar-refractivity contribution is 0.0898. The summed E-state index contributed by atoms with van der Waals surface area (Å²) in [6.45, 7) is 3.20. The molecule has 1 atom stereocenters. The number of rotatable bonds is 6. The molecule has 0 spiro atoms. The Hall–Kier alpha value is -3.43. The maximum absolute atomic E-state index is 14.7. The number of likely N-dealkylation sites (tertiary alicyclic amines) is 1. The van der Waals surface area contributed by atoms with Crippen molar-refractivity contribution in [3.8, 4) is 0 Å². The molecule has 10 heteroatoms. The van der Waals surface area contributed by atoms with Crippen molar-refractivity contribution in [3.05, 3.63) is 87.8 Å². The third kappa shape index (κ3) is 6.47. The molecular formula is C30H32ClF2N5O2. The quantitative estimate of drug-likeness (QED) is 0.291. The Labute approximate surface area is 237 Å². The van der Waals surface area contributed by atoms with E-state index in [1.807, 2.05) is 18.2 Å². The molecule has 1 saturated heterocycles. The van der Waals surface area contributed by atoms with Crippen molar-refractivity contribution in [1.82, 2.24) is 20.2 Å². The van der Waals surface area contributed by atoms with E-state index in [1.54, 1.807) is 0 Å². The van der Waals surface area contributed by atoms with E-state index >= 15 is 0 Å². The van der Waals surface area contributed by atoms with Gasteiger partial charge in [-0.2, -0.15) is 0 Å². The van der Waals surface area contributed by atoms with Crippen LogP contribution in [0.2, 0.25) is 5.02 Å². The van der Waals surface area contributed by atoms with Crippen LogP contribution in [0.3, 0.4) is 0 Å². The van der Waals surface area contributed by atoms with Gasteiger partial charge in [-0.05, 0) is 43.4 Å². The molecule has 1 amide bonds. The molecule has 210 valence electrons. The number of nitrogens with zero attached hydrogens (tertiary/aromatic N) is 3. The molecule has 0 saturated carbocycles. The first-order valence-corrected chi connectivity index (χ1v) is 14.1. The first-order valence-electron chi connectivity index (χ1n) is 13.8. The highest BCUT2D eigenvalue weighted by atomic mass is 35.5. The molecule has 3 heterocycles. The highest BCUT2D eigenvalue weighted by Gasteiger charge is 2.32. The summed E-state index contributed by atoms with van der Waals surface area (Å²) in [6.07, 6.45) is 5.70. The highest BCUT2D eigenvalue weighted by Crippen LogP contribution is 2.34. The van der Waals surface area contributed by atoms with Gasteiger partial charge in [-0.15, -0.1) is 0 Å². The summed E-state index contributed by atoms with van der Waals surface area (Å²) < 4.78 is 28.9. The minimum absolute atomic E-state index is 0.0118.